The summed E-state index contributed by atoms with van der Waals surface area (Å²) in [5.41, 5.74) is 3.52. The van der Waals surface area contributed by atoms with Crippen LogP contribution in [0.1, 0.15) is 13.3 Å². The molecule has 1 aromatic carbocycles. The molecule has 1 N–H and O–H groups in total. The fourth-order valence-electron chi connectivity index (χ4n) is 2.05. The summed E-state index contributed by atoms with van der Waals surface area (Å²) in [5.74, 6) is 0.926. The average Bonchev–Trinajstić information content (AvgIpc) is 2.29. The Hall–Kier alpha value is -1.28. The number of para-hydroxylation sites is 1. The van der Waals surface area contributed by atoms with Crippen molar-refractivity contribution in [2.45, 2.75) is 6.40 Å². The van der Waals surface area contributed by atoms with Crippen LogP contribution in [0.15, 0.2) is 29.8 Å². The van der Waals surface area contributed by atoms with Crippen LogP contribution in [0.2, 0.25) is 0 Å². The van der Waals surface area contributed by atoms with Gasteiger partial charge in [0, 0.05) is 13.5 Å². The number of rotatable bonds is 0. The minimum atomic E-state index is -0.154. The zero-order valence-electron chi connectivity index (χ0n) is 8.92. The van der Waals surface area contributed by atoms with E-state index in [4.69, 9.17) is 6.11 Å². The molecule has 2 heteroatoms. The Labute approximate surface area is 85.0 Å². The standard InChI is InChI=1S/C12H13NO/c1-2-4-12-11(3-1)10-5-6-13-7-9(10)8-14-12/h1-4,13H,5-8H2/i5D. The second-order valence-electron chi connectivity index (χ2n) is 3.64. The van der Waals surface area contributed by atoms with Crippen LogP contribution in [-0.2, 0) is 0 Å². The van der Waals surface area contributed by atoms with Crippen LogP contribution >= 0.6 is 0 Å². The molecule has 0 spiro atoms. The predicted octanol–water partition coefficient (Wildman–Crippen LogP) is 1.83. The highest BCUT2D eigenvalue weighted by atomic mass is 16.5. The Bertz CT molecular complexity index is 427. The minimum Gasteiger partial charge on any atom is -0.489 e. The molecule has 72 valence electrons. The van der Waals surface area contributed by atoms with Gasteiger partial charge < -0.3 is 10.1 Å². The molecule has 0 aliphatic carbocycles. The molecule has 0 fully saturated rings. The molecule has 0 radical (unpaired) electrons. The van der Waals surface area contributed by atoms with Gasteiger partial charge in [0.1, 0.15) is 12.4 Å². The first-order valence-electron chi connectivity index (χ1n) is 5.51. The van der Waals surface area contributed by atoms with Crippen molar-refractivity contribution in [2.75, 3.05) is 19.7 Å². The van der Waals surface area contributed by atoms with Crippen molar-refractivity contribution < 1.29 is 6.11 Å². The number of nitrogens with one attached hydrogen (secondary N) is 1. The Morgan fingerprint density at radius 1 is 1.36 bits per heavy atom. The summed E-state index contributed by atoms with van der Waals surface area (Å²) in [6, 6.07) is 8.02. The third-order valence-electron chi connectivity index (χ3n) is 2.75. The van der Waals surface area contributed by atoms with E-state index in [-0.39, 0.29) is 6.40 Å². The molecule has 0 amide bonds. The molecule has 1 unspecified atom stereocenters. The molecule has 2 nitrogen and oxygen atoms in total. The molecule has 14 heavy (non-hydrogen) atoms. The van der Waals surface area contributed by atoms with Crippen LogP contribution in [0.3, 0.4) is 0 Å². The quantitative estimate of drug-likeness (QED) is 0.670. The fourth-order valence-corrected chi connectivity index (χ4v) is 2.05. The third-order valence-corrected chi connectivity index (χ3v) is 2.75. The highest BCUT2D eigenvalue weighted by Gasteiger charge is 2.21. The second kappa shape index (κ2) is 3.14. The number of hydrogen-bond donors (Lipinski definition) is 1. The summed E-state index contributed by atoms with van der Waals surface area (Å²) in [6.45, 7) is 2.24. The van der Waals surface area contributed by atoms with Gasteiger partial charge in [0.25, 0.3) is 0 Å². The Morgan fingerprint density at radius 2 is 2.29 bits per heavy atom. The van der Waals surface area contributed by atoms with Crippen molar-refractivity contribution >= 4 is 5.57 Å². The van der Waals surface area contributed by atoms with E-state index in [0.717, 1.165) is 24.4 Å². The lowest BCUT2D eigenvalue weighted by atomic mass is 9.92. The number of fused-ring (bicyclic) bond motifs is 2. The normalized spacial score (nSPS) is 26.0. The highest BCUT2D eigenvalue weighted by molar-refractivity contribution is 5.75. The molecule has 1 atom stereocenters. The van der Waals surface area contributed by atoms with Gasteiger partial charge in [-0.05, 0) is 30.2 Å². The summed E-state index contributed by atoms with van der Waals surface area (Å²) in [7, 11) is 0. The van der Waals surface area contributed by atoms with Crippen LogP contribution < -0.4 is 10.1 Å². The summed E-state index contributed by atoms with van der Waals surface area (Å²) in [4.78, 5) is 0. The van der Waals surface area contributed by atoms with Gasteiger partial charge in [-0.25, -0.2) is 0 Å². The molecule has 0 saturated carbocycles. The van der Waals surface area contributed by atoms with Gasteiger partial charge in [-0.15, -0.1) is 0 Å². The first kappa shape index (κ1) is 7.07. The first-order chi connectivity index (χ1) is 7.36. The minimum absolute atomic E-state index is 0.154. The zero-order valence-corrected chi connectivity index (χ0v) is 7.92. The molecule has 2 aliphatic rings. The van der Waals surface area contributed by atoms with E-state index in [0.29, 0.717) is 6.61 Å². The molecule has 0 aromatic heterocycles. The van der Waals surface area contributed by atoms with Crippen molar-refractivity contribution in [3.8, 4) is 5.75 Å². The van der Waals surface area contributed by atoms with Gasteiger partial charge >= 0.3 is 0 Å². The SMILES string of the molecule is [2H]C1CNCC2=C1c1ccccc1OC2. The van der Waals surface area contributed by atoms with Crippen molar-refractivity contribution in [3.05, 3.63) is 35.4 Å². The summed E-state index contributed by atoms with van der Waals surface area (Å²) >= 11 is 0. The molecular formula is C12H13NO. The van der Waals surface area contributed by atoms with Gasteiger partial charge in [-0.3, -0.25) is 0 Å². The Morgan fingerprint density at radius 3 is 3.29 bits per heavy atom. The van der Waals surface area contributed by atoms with E-state index >= 15 is 0 Å². The first-order valence-corrected chi connectivity index (χ1v) is 4.93. The summed E-state index contributed by atoms with van der Waals surface area (Å²) in [6.07, 6.45) is -0.154. The lowest BCUT2D eigenvalue weighted by Gasteiger charge is -2.27. The van der Waals surface area contributed by atoms with Gasteiger partial charge in [-0.1, -0.05) is 18.2 Å². The van der Waals surface area contributed by atoms with Gasteiger partial charge in [-0.2, -0.15) is 0 Å². The molecule has 1 aromatic rings. The van der Waals surface area contributed by atoms with Crippen molar-refractivity contribution in [2.24, 2.45) is 0 Å². The molecule has 3 rings (SSSR count). The average molecular weight is 188 g/mol. The maximum Gasteiger partial charge on any atom is 0.127 e. The van der Waals surface area contributed by atoms with E-state index in [1.807, 2.05) is 18.2 Å². The van der Waals surface area contributed by atoms with E-state index in [9.17, 15) is 0 Å². The molecule has 0 bridgehead atoms. The number of ether oxygens (including phenoxy) is 1. The van der Waals surface area contributed by atoms with Gasteiger partial charge in [0.2, 0.25) is 0 Å². The topological polar surface area (TPSA) is 21.3 Å². The summed E-state index contributed by atoms with van der Waals surface area (Å²) < 4.78 is 13.7. The van der Waals surface area contributed by atoms with E-state index in [1.165, 1.54) is 11.1 Å². The third kappa shape index (κ3) is 1.15. The van der Waals surface area contributed by atoms with Crippen molar-refractivity contribution in [1.29, 1.82) is 0 Å². The molecular weight excluding hydrogens is 174 g/mol. The van der Waals surface area contributed by atoms with Crippen LogP contribution in [0.4, 0.5) is 0 Å². The highest BCUT2D eigenvalue weighted by Crippen LogP contribution is 2.35. The van der Waals surface area contributed by atoms with Crippen LogP contribution in [0, 0.1) is 0 Å². The lowest BCUT2D eigenvalue weighted by Crippen LogP contribution is -2.29. The van der Waals surface area contributed by atoms with E-state index < -0.39 is 0 Å². The molecule has 0 saturated heterocycles. The van der Waals surface area contributed by atoms with E-state index in [1.54, 1.807) is 0 Å². The largest absolute Gasteiger partial charge is 0.489 e. The lowest BCUT2D eigenvalue weighted by molar-refractivity contribution is 0.338. The number of hydrogen-bond acceptors (Lipinski definition) is 2. The zero-order chi connectivity index (χ0) is 10.3. The van der Waals surface area contributed by atoms with Crippen LogP contribution in [0.5, 0.6) is 5.75 Å². The smallest absolute Gasteiger partial charge is 0.127 e. The Balaban J connectivity index is 2.16. The van der Waals surface area contributed by atoms with Crippen LogP contribution in [-0.4, -0.2) is 19.7 Å². The monoisotopic (exact) mass is 188 g/mol. The molecule has 2 heterocycles. The maximum atomic E-state index is 8.05. The predicted molar refractivity (Wildman–Crippen MR) is 56.3 cm³/mol. The summed E-state index contributed by atoms with van der Waals surface area (Å²) in [5, 5.41) is 3.24. The molecule has 2 aliphatic heterocycles. The van der Waals surface area contributed by atoms with Gasteiger partial charge in [0.15, 0.2) is 0 Å². The Kier molecular flexibility index (Phi) is 1.58. The second-order valence-corrected chi connectivity index (χ2v) is 3.64. The number of benzene rings is 1. The van der Waals surface area contributed by atoms with Gasteiger partial charge in [0.05, 0.1) is 0 Å². The van der Waals surface area contributed by atoms with E-state index in [2.05, 4.69) is 11.4 Å². The van der Waals surface area contributed by atoms with Crippen molar-refractivity contribution in [1.82, 2.24) is 5.32 Å². The maximum absolute atomic E-state index is 8.05. The van der Waals surface area contributed by atoms with Crippen LogP contribution in [0.25, 0.3) is 5.57 Å². The van der Waals surface area contributed by atoms with Crippen molar-refractivity contribution in [3.63, 3.8) is 0 Å². The fraction of sp³-hybridized carbons (Fsp3) is 0.333.